The highest BCUT2D eigenvalue weighted by Crippen LogP contribution is 2.34. The van der Waals surface area contributed by atoms with E-state index in [0.29, 0.717) is 4.09 Å². The zero-order chi connectivity index (χ0) is 13.8. The average molecular weight is 312 g/mol. The molecular formula is C6Cl3N5O4. The van der Waals surface area contributed by atoms with Crippen LogP contribution in [0.4, 0.5) is 10.6 Å². The van der Waals surface area contributed by atoms with Crippen molar-refractivity contribution in [1.82, 2.24) is 8.17 Å². The summed E-state index contributed by atoms with van der Waals surface area (Å²) in [6, 6.07) is -1.61. The van der Waals surface area contributed by atoms with Gasteiger partial charge in [0.25, 0.3) is 0 Å². The van der Waals surface area contributed by atoms with E-state index in [1.807, 2.05) is 0 Å². The summed E-state index contributed by atoms with van der Waals surface area (Å²) < 4.78 is -1.97. The fourth-order valence-corrected chi connectivity index (χ4v) is 2.11. The molecule has 1 aliphatic rings. The van der Waals surface area contributed by atoms with Crippen LogP contribution in [0.25, 0.3) is 4.95 Å². The number of aromatic nitrogens is 2. The quantitative estimate of drug-likeness (QED) is 0.310. The van der Waals surface area contributed by atoms with Crippen LogP contribution in [-0.2, 0) is 0 Å². The number of carbonyl (C=O) groups excluding carboxylic acids is 2. The first-order valence-corrected chi connectivity index (χ1v) is 5.03. The number of amides is 3. The summed E-state index contributed by atoms with van der Waals surface area (Å²) in [5, 5.41) is 11.7. The fraction of sp³-hybridized carbons (Fsp3) is 0. The molecule has 0 aromatic carbocycles. The summed E-state index contributed by atoms with van der Waals surface area (Å²) in [5.41, 5.74) is -1.84. The smallest absolute Gasteiger partial charge is 0.517 e. The van der Waals surface area contributed by atoms with Gasteiger partial charge >= 0.3 is 17.6 Å². The van der Waals surface area contributed by atoms with Crippen LogP contribution in [0, 0.1) is 11.8 Å². The van der Waals surface area contributed by atoms with Crippen LogP contribution in [0.3, 0.4) is 0 Å². The molecule has 0 saturated heterocycles. The molecule has 0 fully saturated rings. The Bertz CT molecular complexity index is 687. The number of imidazole rings is 1. The van der Waals surface area contributed by atoms with E-state index in [1.54, 1.807) is 0 Å². The largest absolute Gasteiger partial charge is 0.545 e. The van der Waals surface area contributed by atoms with Crippen molar-refractivity contribution in [1.29, 1.82) is 0 Å². The number of imide groups is 1. The van der Waals surface area contributed by atoms with E-state index < -0.39 is 33.9 Å². The number of carbonyl (C=O) groups is 2. The lowest BCUT2D eigenvalue weighted by Gasteiger charge is -2.26. The van der Waals surface area contributed by atoms with Crippen molar-refractivity contribution in [2.45, 2.75) is 0 Å². The lowest BCUT2D eigenvalue weighted by atomic mass is 10.3. The average Bonchev–Trinajstić information content (AvgIpc) is 2.58. The van der Waals surface area contributed by atoms with Gasteiger partial charge in [-0.25, -0.2) is 9.59 Å². The number of halogens is 3. The summed E-state index contributed by atoms with van der Waals surface area (Å²) in [7, 11) is 0. The molecular weight excluding hydrogens is 312 g/mol. The number of fused-ring (bicyclic) bond motifs is 1. The standard InChI is InChI=1S/C6Cl3N5O4/c1-10-14(18)4(15)2-3(13(9)6(14)17)12(8)5(16)11(2)7. The lowest BCUT2D eigenvalue weighted by Crippen LogP contribution is -2.55. The minimum absolute atomic E-state index is 0.106. The number of anilines is 1. The van der Waals surface area contributed by atoms with Gasteiger partial charge in [-0.1, -0.05) is 4.95 Å². The Balaban J connectivity index is 2.90. The molecule has 0 saturated carbocycles. The number of urea groups is 1. The fourth-order valence-electron chi connectivity index (χ4n) is 1.32. The van der Waals surface area contributed by atoms with Gasteiger partial charge in [0.2, 0.25) is 5.69 Å². The van der Waals surface area contributed by atoms with Crippen LogP contribution in [0.1, 0.15) is 10.5 Å². The van der Waals surface area contributed by atoms with Crippen molar-refractivity contribution < 1.29 is 14.3 Å². The highest BCUT2D eigenvalue weighted by molar-refractivity contribution is 6.39. The van der Waals surface area contributed by atoms with Gasteiger partial charge in [-0.15, -0.1) is 11.0 Å². The molecule has 1 atom stereocenters. The van der Waals surface area contributed by atoms with Gasteiger partial charge in [-0.3, -0.25) is 0 Å². The molecule has 0 radical (unpaired) electrons. The van der Waals surface area contributed by atoms with Gasteiger partial charge in [0.15, 0.2) is 5.82 Å². The topological polar surface area (TPSA) is 91.7 Å². The van der Waals surface area contributed by atoms with Crippen molar-refractivity contribution in [3.05, 3.63) is 32.9 Å². The third-order valence-electron chi connectivity index (χ3n) is 2.16. The van der Waals surface area contributed by atoms with Gasteiger partial charge in [0, 0.05) is 35.3 Å². The maximum Gasteiger partial charge on any atom is 0.517 e. The van der Waals surface area contributed by atoms with Crippen LogP contribution in [-0.4, -0.2) is 24.9 Å². The van der Waals surface area contributed by atoms with Gasteiger partial charge in [0.05, 0.1) is 0 Å². The van der Waals surface area contributed by atoms with Gasteiger partial charge in [-0.05, 0) is 0 Å². The Morgan fingerprint density at radius 1 is 1.17 bits per heavy atom. The molecule has 9 nitrogen and oxygen atoms in total. The third-order valence-corrected chi connectivity index (χ3v) is 3.08. The van der Waals surface area contributed by atoms with E-state index in [2.05, 4.69) is 4.95 Å². The minimum atomic E-state index is -2.58. The van der Waals surface area contributed by atoms with Crippen molar-refractivity contribution in [3.8, 4) is 0 Å². The number of nitrogens with zero attached hydrogens (tertiary/aromatic N) is 5. The second-order valence-electron chi connectivity index (χ2n) is 3.06. The van der Waals surface area contributed by atoms with Crippen LogP contribution >= 0.6 is 35.3 Å². The molecule has 1 aliphatic heterocycles. The van der Waals surface area contributed by atoms with Gasteiger partial charge < -0.3 is 5.21 Å². The Morgan fingerprint density at radius 3 is 2.22 bits per heavy atom. The third kappa shape index (κ3) is 1.26. The molecule has 94 valence electrons. The first-order valence-electron chi connectivity index (χ1n) is 4.01. The first-order chi connectivity index (χ1) is 8.27. The summed E-state index contributed by atoms with van der Waals surface area (Å²) in [5.74, 6) is -2.13. The van der Waals surface area contributed by atoms with Crippen LogP contribution in [0.15, 0.2) is 4.79 Å². The van der Waals surface area contributed by atoms with Crippen LogP contribution in [0.5, 0.6) is 0 Å². The zero-order valence-corrected chi connectivity index (χ0v) is 10.3. The Morgan fingerprint density at radius 2 is 1.72 bits per heavy atom. The maximum absolute atomic E-state index is 11.7. The molecule has 0 aliphatic carbocycles. The molecule has 2 rings (SSSR count). The number of rotatable bonds is 0. The van der Waals surface area contributed by atoms with E-state index in [0.717, 1.165) is 0 Å². The predicted octanol–water partition coefficient (Wildman–Crippen LogP) is 1.04. The Labute approximate surface area is 113 Å². The summed E-state index contributed by atoms with van der Waals surface area (Å²) in [6.45, 7) is 6.60. The van der Waals surface area contributed by atoms with E-state index in [1.165, 1.54) is 0 Å². The molecule has 2 heterocycles. The number of quaternary nitrogens is 1. The molecule has 0 bridgehead atoms. The molecule has 1 aromatic rings. The van der Waals surface area contributed by atoms with Crippen molar-refractivity contribution in [2.75, 3.05) is 4.42 Å². The molecule has 18 heavy (non-hydrogen) atoms. The summed E-state index contributed by atoms with van der Waals surface area (Å²) in [6.07, 6.45) is 0. The second kappa shape index (κ2) is 3.71. The van der Waals surface area contributed by atoms with Gasteiger partial charge in [-0.2, -0.15) is 13.0 Å². The first kappa shape index (κ1) is 12.9. The molecule has 12 heteroatoms. The van der Waals surface area contributed by atoms with Gasteiger partial charge in [0.1, 0.15) is 4.76 Å². The predicted molar refractivity (Wildman–Crippen MR) is 59.5 cm³/mol. The van der Waals surface area contributed by atoms with Crippen molar-refractivity contribution in [3.63, 3.8) is 0 Å². The van der Waals surface area contributed by atoms with E-state index in [-0.39, 0.29) is 8.51 Å². The van der Waals surface area contributed by atoms with Crippen LogP contribution in [0.2, 0.25) is 0 Å². The molecule has 1 unspecified atom stereocenters. The summed E-state index contributed by atoms with van der Waals surface area (Å²) >= 11 is 16.4. The summed E-state index contributed by atoms with van der Waals surface area (Å²) in [4.78, 5) is 37.0. The van der Waals surface area contributed by atoms with Crippen molar-refractivity contribution >= 4 is 53.1 Å². The molecule has 0 spiro atoms. The van der Waals surface area contributed by atoms with E-state index in [4.69, 9.17) is 41.9 Å². The molecule has 1 aromatic heterocycles. The van der Waals surface area contributed by atoms with E-state index >= 15 is 0 Å². The lowest BCUT2D eigenvalue weighted by molar-refractivity contribution is -0.656. The maximum atomic E-state index is 11.7. The highest BCUT2D eigenvalue weighted by atomic mass is 35.5. The zero-order valence-electron chi connectivity index (χ0n) is 8.00. The molecule has 0 N–H and O–H groups in total. The second-order valence-corrected chi connectivity index (χ2v) is 4.08. The van der Waals surface area contributed by atoms with E-state index in [9.17, 15) is 19.6 Å². The number of hydroxylamine groups is 2. The minimum Gasteiger partial charge on any atom is -0.545 e. The van der Waals surface area contributed by atoms with Crippen molar-refractivity contribution in [2.24, 2.45) is 0 Å². The van der Waals surface area contributed by atoms with Crippen LogP contribution < -0.4 is 10.1 Å². The SMILES string of the molecule is [C-]#[N+][N+]1([O-])C(=O)c2c(n(Cl)c(=O)n2Cl)N(Cl)C1=O. The Kier molecular flexibility index (Phi) is 2.65. The highest BCUT2D eigenvalue weighted by Gasteiger charge is 2.58. The number of hydrogen-bond donors (Lipinski definition) is 0. The Hall–Kier alpha value is -1.57. The monoisotopic (exact) mass is 311 g/mol. The normalized spacial score (nSPS) is 22.9. The number of hydrogen-bond acceptors (Lipinski definition) is 4. The molecule has 3 amide bonds.